The van der Waals surface area contributed by atoms with Crippen LogP contribution in [0.25, 0.3) is 0 Å². The average molecular weight is 268 g/mol. The van der Waals surface area contributed by atoms with Crippen LogP contribution in [0.3, 0.4) is 0 Å². The summed E-state index contributed by atoms with van der Waals surface area (Å²) in [5.74, 6) is -0.948. The summed E-state index contributed by atoms with van der Waals surface area (Å²) in [6.07, 6.45) is 3.43. The van der Waals surface area contributed by atoms with E-state index in [9.17, 15) is 9.90 Å². The molecule has 0 aromatic heterocycles. The van der Waals surface area contributed by atoms with Crippen molar-refractivity contribution in [1.29, 1.82) is 0 Å². The molecule has 0 heterocycles. The smallest absolute Gasteiger partial charge is 0.337 e. The third-order valence-corrected chi connectivity index (χ3v) is 4.03. The maximum absolute atomic E-state index is 11.2. The number of carbonyl (C=O) groups is 1. The number of nitrogens with one attached hydrogen (secondary N) is 1. The van der Waals surface area contributed by atoms with Gasteiger partial charge in [-0.15, -0.1) is 0 Å². The van der Waals surface area contributed by atoms with Crippen LogP contribution in [0, 0.1) is 5.41 Å². The molecule has 0 amide bonds. The van der Waals surface area contributed by atoms with Crippen molar-refractivity contribution in [1.82, 2.24) is 0 Å². The van der Waals surface area contributed by atoms with Crippen LogP contribution >= 0.6 is 11.6 Å². The van der Waals surface area contributed by atoms with Crippen LogP contribution in [-0.4, -0.2) is 17.1 Å². The van der Waals surface area contributed by atoms with Gasteiger partial charge in [0, 0.05) is 16.8 Å². The van der Waals surface area contributed by atoms with Gasteiger partial charge in [-0.3, -0.25) is 0 Å². The van der Waals surface area contributed by atoms with Gasteiger partial charge in [0.15, 0.2) is 0 Å². The molecule has 1 aromatic carbocycles. The minimum atomic E-state index is -0.948. The lowest BCUT2D eigenvalue weighted by Gasteiger charge is -2.29. The van der Waals surface area contributed by atoms with Gasteiger partial charge in [0.2, 0.25) is 0 Å². The molecule has 0 radical (unpaired) electrons. The van der Waals surface area contributed by atoms with E-state index < -0.39 is 5.97 Å². The van der Waals surface area contributed by atoms with Gasteiger partial charge in [0.05, 0.1) is 5.56 Å². The summed E-state index contributed by atoms with van der Waals surface area (Å²) >= 11 is 5.84. The number of aromatic carboxylic acids is 1. The maximum atomic E-state index is 11.2. The number of benzene rings is 1. The first-order chi connectivity index (χ1) is 8.40. The Balaban J connectivity index is 2.26. The van der Waals surface area contributed by atoms with Crippen molar-refractivity contribution >= 4 is 23.3 Å². The summed E-state index contributed by atoms with van der Waals surface area (Å²) in [6, 6.07) is 5.28. The van der Waals surface area contributed by atoms with Gasteiger partial charge in [-0.2, -0.15) is 0 Å². The van der Waals surface area contributed by atoms with Crippen LogP contribution < -0.4 is 5.32 Å². The fourth-order valence-corrected chi connectivity index (χ4v) is 2.77. The molecule has 0 aliphatic heterocycles. The summed E-state index contributed by atoms with van der Waals surface area (Å²) < 4.78 is 0. The molecule has 2 rings (SSSR count). The highest BCUT2D eigenvalue weighted by Crippen LogP contribution is 2.39. The Labute approximate surface area is 112 Å². The molecule has 1 aliphatic rings. The summed E-state index contributed by atoms with van der Waals surface area (Å²) in [5, 5.41) is 13.0. The van der Waals surface area contributed by atoms with Gasteiger partial charge in [-0.05, 0) is 36.5 Å². The Morgan fingerprint density at radius 2 is 2.22 bits per heavy atom. The van der Waals surface area contributed by atoms with Gasteiger partial charge >= 0.3 is 5.97 Å². The largest absolute Gasteiger partial charge is 0.478 e. The van der Waals surface area contributed by atoms with E-state index in [0.29, 0.717) is 16.8 Å². The number of carboxylic acid groups (broad SMARTS) is 1. The predicted molar refractivity (Wildman–Crippen MR) is 73.5 cm³/mol. The summed E-state index contributed by atoms with van der Waals surface area (Å²) in [5.41, 5.74) is 1.10. The predicted octanol–water partition coefficient (Wildman–Crippen LogP) is 4.03. The van der Waals surface area contributed by atoms with Gasteiger partial charge in [0.1, 0.15) is 0 Å². The van der Waals surface area contributed by atoms with Crippen molar-refractivity contribution in [2.75, 3.05) is 5.32 Å². The first-order valence-corrected chi connectivity index (χ1v) is 6.57. The topological polar surface area (TPSA) is 49.3 Å². The van der Waals surface area contributed by atoms with Gasteiger partial charge < -0.3 is 10.4 Å². The van der Waals surface area contributed by atoms with Gasteiger partial charge in [-0.25, -0.2) is 4.79 Å². The minimum Gasteiger partial charge on any atom is -0.478 e. The van der Waals surface area contributed by atoms with E-state index in [1.165, 1.54) is 18.9 Å². The maximum Gasteiger partial charge on any atom is 0.337 e. The van der Waals surface area contributed by atoms with E-state index in [2.05, 4.69) is 19.2 Å². The van der Waals surface area contributed by atoms with Crippen LogP contribution in [0.5, 0.6) is 0 Å². The first kappa shape index (κ1) is 13.2. The molecule has 0 saturated heterocycles. The normalized spacial score (nSPS) is 21.8. The second-order valence-electron chi connectivity index (χ2n) is 5.57. The number of anilines is 1. The highest BCUT2D eigenvalue weighted by molar-refractivity contribution is 6.31. The van der Waals surface area contributed by atoms with Crippen molar-refractivity contribution in [2.45, 2.75) is 39.2 Å². The second-order valence-corrected chi connectivity index (χ2v) is 6.01. The quantitative estimate of drug-likeness (QED) is 0.869. The molecule has 3 nitrogen and oxygen atoms in total. The molecule has 1 atom stereocenters. The zero-order valence-corrected chi connectivity index (χ0v) is 11.4. The van der Waals surface area contributed by atoms with Crippen LogP contribution in [-0.2, 0) is 0 Å². The van der Waals surface area contributed by atoms with Crippen molar-refractivity contribution in [2.24, 2.45) is 5.41 Å². The monoisotopic (exact) mass is 267 g/mol. The van der Waals surface area contributed by atoms with Crippen molar-refractivity contribution in [3.8, 4) is 0 Å². The molecule has 1 aliphatic carbocycles. The third-order valence-electron chi connectivity index (χ3n) is 3.80. The lowest BCUT2D eigenvalue weighted by atomic mass is 9.87. The first-order valence-electron chi connectivity index (χ1n) is 6.19. The Morgan fingerprint density at radius 1 is 1.50 bits per heavy atom. The van der Waals surface area contributed by atoms with Crippen LogP contribution in [0.2, 0.25) is 5.02 Å². The Hall–Kier alpha value is -1.22. The SMILES string of the molecule is CC1(C)CCCC1Nc1ccc(Cl)cc1C(=O)O. The Morgan fingerprint density at radius 3 is 2.78 bits per heavy atom. The van der Waals surface area contributed by atoms with E-state index in [1.54, 1.807) is 12.1 Å². The molecule has 98 valence electrons. The fraction of sp³-hybridized carbons (Fsp3) is 0.500. The summed E-state index contributed by atoms with van der Waals surface area (Å²) in [7, 11) is 0. The molecule has 1 unspecified atom stereocenters. The van der Waals surface area contributed by atoms with Crippen molar-refractivity contribution < 1.29 is 9.90 Å². The number of halogens is 1. The van der Waals surface area contributed by atoms with Gasteiger partial charge in [0.25, 0.3) is 0 Å². The fourth-order valence-electron chi connectivity index (χ4n) is 2.60. The minimum absolute atomic E-state index is 0.204. The van der Waals surface area contributed by atoms with E-state index in [1.807, 2.05) is 0 Å². The van der Waals surface area contributed by atoms with E-state index in [0.717, 1.165) is 6.42 Å². The second kappa shape index (κ2) is 4.81. The number of hydrogen-bond donors (Lipinski definition) is 2. The highest BCUT2D eigenvalue weighted by Gasteiger charge is 2.34. The van der Waals surface area contributed by atoms with Crippen molar-refractivity contribution in [3.63, 3.8) is 0 Å². The Kier molecular flexibility index (Phi) is 3.53. The van der Waals surface area contributed by atoms with E-state index >= 15 is 0 Å². The molecule has 0 spiro atoms. The average Bonchev–Trinajstić information content (AvgIpc) is 2.60. The van der Waals surface area contributed by atoms with E-state index in [4.69, 9.17) is 11.6 Å². The molecule has 1 saturated carbocycles. The lowest BCUT2D eigenvalue weighted by molar-refractivity contribution is 0.0697. The molecular formula is C14H18ClNO2. The van der Waals surface area contributed by atoms with Crippen LogP contribution in [0.4, 0.5) is 5.69 Å². The summed E-state index contributed by atoms with van der Waals surface area (Å²) in [4.78, 5) is 11.2. The molecule has 4 heteroatoms. The molecule has 1 aromatic rings. The molecule has 2 N–H and O–H groups in total. The molecule has 0 bridgehead atoms. The third kappa shape index (κ3) is 2.61. The number of carboxylic acids is 1. The zero-order chi connectivity index (χ0) is 13.3. The molecular weight excluding hydrogens is 250 g/mol. The lowest BCUT2D eigenvalue weighted by Crippen LogP contribution is -2.31. The standard InChI is InChI=1S/C14H18ClNO2/c1-14(2)7-3-4-12(14)16-11-6-5-9(15)8-10(11)13(17)18/h5-6,8,12,16H,3-4,7H2,1-2H3,(H,17,18). The van der Waals surface area contributed by atoms with Crippen molar-refractivity contribution in [3.05, 3.63) is 28.8 Å². The highest BCUT2D eigenvalue weighted by atomic mass is 35.5. The van der Waals surface area contributed by atoms with Crippen LogP contribution in [0.1, 0.15) is 43.5 Å². The van der Waals surface area contributed by atoms with Crippen LogP contribution in [0.15, 0.2) is 18.2 Å². The zero-order valence-electron chi connectivity index (χ0n) is 10.7. The molecule has 1 fully saturated rings. The summed E-state index contributed by atoms with van der Waals surface area (Å²) in [6.45, 7) is 4.43. The van der Waals surface area contributed by atoms with Gasteiger partial charge in [-0.1, -0.05) is 31.9 Å². The Bertz CT molecular complexity index is 471. The van der Waals surface area contributed by atoms with E-state index in [-0.39, 0.29) is 11.0 Å². The number of hydrogen-bond acceptors (Lipinski definition) is 2. The molecule has 18 heavy (non-hydrogen) atoms. The number of rotatable bonds is 3.